The molecule has 0 spiro atoms. The predicted molar refractivity (Wildman–Crippen MR) is 108 cm³/mol. The van der Waals surface area contributed by atoms with Crippen LogP contribution in [0.4, 0.5) is 5.69 Å². The Kier molecular flexibility index (Phi) is 4.76. The second-order valence-electron chi connectivity index (χ2n) is 7.51. The molecule has 0 aliphatic carbocycles. The minimum absolute atomic E-state index is 0.0867. The van der Waals surface area contributed by atoms with Gasteiger partial charge in [0, 0.05) is 29.9 Å². The van der Waals surface area contributed by atoms with Crippen LogP contribution in [0.1, 0.15) is 37.0 Å². The second kappa shape index (κ2) is 7.21. The van der Waals surface area contributed by atoms with Crippen molar-refractivity contribution in [3.63, 3.8) is 0 Å². The molecular weight excluding hydrogens is 340 g/mol. The fourth-order valence-electron chi connectivity index (χ4n) is 4.03. The molecule has 3 aromatic rings. The average Bonchev–Trinajstić information content (AvgIpc) is 2.91. The van der Waals surface area contributed by atoms with Crippen LogP contribution in [-0.4, -0.2) is 26.7 Å². The monoisotopic (exact) mass is 366 g/mol. The third-order valence-corrected chi connectivity index (χ3v) is 5.53. The number of aryl methyl sites for hydroxylation is 2. The Hall–Kier alpha value is -2.57. The van der Waals surface area contributed by atoms with E-state index in [0.717, 1.165) is 35.1 Å². The summed E-state index contributed by atoms with van der Waals surface area (Å²) in [5.74, 6) is 0. The molecule has 5 N–H and O–H groups in total. The third kappa shape index (κ3) is 3.50. The number of aromatic amines is 1. The molecule has 1 aliphatic rings. The zero-order valence-corrected chi connectivity index (χ0v) is 15.5. The van der Waals surface area contributed by atoms with Gasteiger partial charge in [-0.3, -0.25) is 4.57 Å². The molecule has 4 rings (SSSR count). The minimum atomic E-state index is -0.642. The van der Waals surface area contributed by atoms with Crippen LogP contribution in [0.3, 0.4) is 0 Å². The van der Waals surface area contributed by atoms with Gasteiger partial charge in [-0.05, 0) is 49.9 Å². The van der Waals surface area contributed by atoms with Crippen molar-refractivity contribution in [2.75, 3.05) is 5.73 Å². The van der Waals surface area contributed by atoms with Crippen LogP contribution < -0.4 is 16.7 Å². The highest BCUT2D eigenvalue weighted by Gasteiger charge is 2.29. The van der Waals surface area contributed by atoms with E-state index >= 15 is 0 Å². The smallest absolute Gasteiger partial charge is 0.326 e. The number of nitrogens with one attached hydrogen (secondary N) is 2. The molecule has 1 aromatic heterocycles. The van der Waals surface area contributed by atoms with Crippen LogP contribution in [0, 0.1) is 0 Å². The van der Waals surface area contributed by atoms with Crippen LogP contribution in [0.25, 0.3) is 11.0 Å². The molecule has 0 saturated carbocycles. The van der Waals surface area contributed by atoms with E-state index in [1.54, 1.807) is 4.57 Å². The lowest BCUT2D eigenvalue weighted by Crippen LogP contribution is -2.41. The maximum Gasteiger partial charge on any atom is 0.326 e. The number of aliphatic hydroxyl groups excluding tert-OH is 1. The Balaban J connectivity index is 1.46. The van der Waals surface area contributed by atoms with Crippen LogP contribution in [0.5, 0.6) is 0 Å². The molecular formula is C21H26N4O2. The van der Waals surface area contributed by atoms with Gasteiger partial charge in [-0.2, -0.15) is 0 Å². The lowest BCUT2D eigenvalue weighted by Gasteiger charge is -2.26. The summed E-state index contributed by atoms with van der Waals surface area (Å²) in [6.07, 6.45) is 1.97. The number of benzene rings is 2. The summed E-state index contributed by atoms with van der Waals surface area (Å²) in [6, 6.07) is 13.8. The second-order valence-corrected chi connectivity index (χ2v) is 7.51. The van der Waals surface area contributed by atoms with Gasteiger partial charge >= 0.3 is 5.69 Å². The average molecular weight is 366 g/mol. The van der Waals surface area contributed by atoms with Gasteiger partial charge in [0.2, 0.25) is 0 Å². The van der Waals surface area contributed by atoms with Gasteiger partial charge in [-0.15, -0.1) is 0 Å². The van der Waals surface area contributed by atoms with Gasteiger partial charge in [-0.25, -0.2) is 4.79 Å². The minimum Gasteiger partial charge on any atom is -0.399 e. The topological polar surface area (TPSA) is 96.1 Å². The summed E-state index contributed by atoms with van der Waals surface area (Å²) < 4.78 is 1.74. The molecule has 0 saturated heterocycles. The van der Waals surface area contributed by atoms with E-state index in [0.29, 0.717) is 13.0 Å². The predicted octanol–water partition coefficient (Wildman–Crippen LogP) is 2.33. The summed E-state index contributed by atoms with van der Waals surface area (Å²) in [4.78, 5) is 15.1. The van der Waals surface area contributed by atoms with E-state index < -0.39 is 6.10 Å². The zero-order chi connectivity index (χ0) is 19.0. The van der Waals surface area contributed by atoms with Crippen LogP contribution >= 0.6 is 0 Å². The largest absolute Gasteiger partial charge is 0.399 e. The zero-order valence-electron chi connectivity index (χ0n) is 15.5. The fraction of sp³-hybridized carbons (Fsp3) is 0.381. The molecule has 2 heterocycles. The summed E-state index contributed by atoms with van der Waals surface area (Å²) in [5.41, 5.74) is 10.1. The van der Waals surface area contributed by atoms with Crippen molar-refractivity contribution in [2.45, 2.75) is 50.9 Å². The summed E-state index contributed by atoms with van der Waals surface area (Å²) in [6.45, 7) is 2.73. The van der Waals surface area contributed by atoms with Gasteiger partial charge < -0.3 is 21.1 Å². The highest BCUT2D eigenvalue weighted by Crippen LogP contribution is 2.30. The Labute approximate surface area is 158 Å². The first kappa shape index (κ1) is 17.8. The SMILES string of the molecule is CC(CCc1ccc(N)cc1)NC1CCn2c(=O)[nH]c3cccc(c32)C1O. The first-order chi connectivity index (χ1) is 13.0. The van der Waals surface area contributed by atoms with Crippen LogP contribution in [0.15, 0.2) is 47.3 Å². The van der Waals surface area contributed by atoms with Crippen molar-refractivity contribution in [2.24, 2.45) is 0 Å². The molecule has 3 unspecified atom stereocenters. The number of para-hydroxylation sites is 1. The van der Waals surface area contributed by atoms with E-state index in [1.807, 2.05) is 30.3 Å². The lowest BCUT2D eigenvalue weighted by atomic mass is 9.98. The van der Waals surface area contributed by atoms with Crippen molar-refractivity contribution in [3.05, 3.63) is 64.1 Å². The number of nitrogens with two attached hydrogens (primary N) is 1. The number of nitrogens with zero attached hydrogens (tertiary/aromatic N) is 1. The van der Waals surface area contributed by atoms with E-state index in [9.17, 15) is 9.90 Å². The Morgan fingerprint density at radius 2 is 2.07 bits per heavy atom. The Morgan fingerprint density at radius 1 is 1.30 bits per heavy atom. The van der Waals surface area contributed by atoms with Crippen molar-refractivity contribution < 1.29 is 5.11 Å². The third-order valence-electron chi connectivity index (χ3n) is 5.53. The Morgan fingerprint density at radius 3 is 2.85 bits per heavy atom. The van der Waals surface area contributed by atoms with Crippen LogP contribution in [-0.2, 0) is 13.0 Å². The fourth-order valence-corrected chi connectivity index (χ4v) is 4.03. The number of aromatic nitrogens is 2. The van der Waals surface area contributed by atoms with Gasteiger partial charge in [0.15, 0.2) is 0 Å². The molecule has 0 bridgehead atoms. The van der Waals surface area contributed by atoms with Crippen molar-refractivity contribution in [1.82, 2.24) is 14.9 Å². The first-order valence-corrected chi connectivity index (χ1v) is 9.53. The van der Waals surface area contributed by atoms with Gasteiger partial charge in [0.25, 0.3) is 0 Å². The number of rotatable bonds is 5. The Bertz CT molecular complexity index is 990. The van der Waals surface area contributed by atoms with Gasteiger partial charge in [0.05, 0.1) is 17.1 Å². The van der Waals surface area contributed by atoms with E-state index in [4.69, 9.17) is 5.73 Å². The quantitative estimate of drug-likeness (QED) is 0.521. The number of imidazole rings is 1. The van der Waals surface area contributed by atoms with E-state index in [1.165, 1.54) is 5.56 Å². The normalized spacial score (nSPS) is 20.5. The molecule has 0 radical (unpaired) electrons. The van der Waals surface area contributed by atoms with Crippen LogP contribution in [0.2, 0.25) is 0 Å². The van der Waals surface area contributed by atoms with Gasteiger partial charge in [0.1, 0.15) is 0 Å². The number of hydrogen-bond donors (Lipinski definition) is 4. The molecule has 6 heteroatoms. The summed E-state index contributed by atoms with van der Waals surface area (Å²) >= 11 is 0. The maximum atomic E-state index is 12.2. The molecule has 2 aromatic carbocycles. The molecule has 142 valence electrons. The van der Waals surface area contributed by atoms with Crippen molar-refractivity contribution in [1.29, 1.82) is 0 Å². The van der Waals surface area contributed by atoms with Crippen molar-refractivity contribution in [3.8, 4) is 0 Å². The molecule has 1 aliphatic heterocycles. The maximum absolute atomic E-state index is 12.2. The number of nitrogen functional groups attached to an aromatic ring is 1. The highest BCUT2D eigenvalue weighted by molar-refractivity contribution is 5.79. The number of anilines is 1. The first-order valence-electron chi connectivity index (χ1n) is 9.53. The molecule has 0 amide bonds. The molecule has 27 heavy (non-hydrogen) atoms. The summed E-state index contributed by atoms with van der Waals surface area (Å²) in [5, 5.41) is 14.6. The lowest BCUT2D eigenvalue weighted by molar-refractivity contribution is 0.119. The van der Waals surface area contributed by atoms with Gasteiger partial charge in [-0.1, -0.05) is 24.3 Å². The van der Waals surface area contributed by atoms with Crippen molar-refractivity contribution >= 4 is 16.7 Å². The number of hydrogen-bond acceptors (Lipinski definition) is 4. The highest BCUT2D eigenvalue weighted by atomic mass is 16.3. The summed E-state index contributed by atoms with van der Waals surface area (Å²) in [7, 11) is 0. The standard InChI is InChI=1S/C21H26N4O2/c1-13(5-6-14-7-9-15(22)10-8-14)23-18-11-12-25-19-16(20(18)26)3-2-4-17(19)24-21(25)27/h2-4,7-10,13,18,20,23,26H,5-6,11-12,22H2,1H3,(H,24,27). The molecule has 0 fully saturated rings. The molecule has 6 nitrogen and oxygen atoms in total. The number of H-pyrrole nitrogens is 1. The number of aliphatic hydroxyl groups is 1. The van der Waals surface area contributed by atoms with E-state index in [-0.39, 0.29) is 17.8 Å². The molecule has 3 atom stereocenters. The van der Waals surface area contributed by atoms with E-state index in [2.05, 4.69) is 29.4 Å².